The maximum atomic E-state index is 4.64. The standard InChI is InChI=1S/C14H21N5S/c1-4-5-15-6-12-7-16-8-14(18-12)19(3)9-13-11(2)17-10-20-13/h7-8,10,15H,4-6,9H2,1-3H3. The summed E-state index contributed by atoms with van der Waals surface area (Å²) in [4.78, 5) is 16.6. The molecule has 0 aromatic carbocycles. The zero-order chi connectivity index (χ0) is 14.4. The summed E-state index contributed by atoms with van der Waals surface area (Å²) >= 11 is 1.68. The van der Waals surface area contributed by atoms with E-state index in [2.05, 4.69) is 32.1 Å². The number of aromatic nitrogens is 3. The van der Waals surface area contributed by atoms with Gasteiger partial charge in [0.25, 0.3) is 0 Å². The topological polar surface area (TPSA) is 53.9 Å². The van der Waals surface area contributed by atoms with Crippen molar-refractivity contribution >= 4 is 17.2 Å². The van der Waals surface area contributed by atoms with Crippen LogP contribution < -0.4 is 10.2 Å². The first-order chi connectivity index (χ1) is 9.70. The summed E-state index contributed by atoms with van der Waals surface area (Å²) in [7, 11) is 2.03. The number of anilines is 1. The Balaban J connectivity index is 2.00. The van der Waals surface area contributed by atoms with Crippen molar-refractivity contribution in [1.29, 1.82) is 0 Å². The number of rotatable bonds is 7. The molecular formula is C14H21N5S. The Kier molecular flexibility index (Phi) is 5.43. The van der Waals surface area contributed by atoms with Gasteiger partial charge in [-0.3, -0.25) is 4.98 Å². The van der Waals surface area contributed by atoms with Gasteiger partial charge in [-0.15, -0.1) is 11.3 Å². The third-order valence-electron chi connectivity index (χ3n) is 3.02. The second kappa shape index (κ2) is 7.31. The van der Waals surface area contributed by atoms with Crippen LogP contribution in [0, 0.1) is 6.92 Å². The first-order valence-corrected chi connectivity index (χ1v) is 7.70. The lowest BCUT2D eigenvalue weighted by Crippen LogP contribution is -2.20. The summed E-state index contributed by atoms with van der Waals surface area (Å²) in [5, 5.41) is 3.34. The molecule has 6 heteroatoms. The van der Waals surface area contributed by atoms with Crippen LogP contribution >= 0.6 is 11.3 Å². The number of hydrogen-bond donors (Lipinski definition) is 1. The van der Waals surface area contributed by atoms with E-state index in [4.69, 9.17) is 0 Å². The van der Waals surface area contributed by atoms with Gasteiger partial charge in [0, 0.05) is 24.7 Å². The van der Waals surface area contributed by atoms with Crippen molar-refractivity contribution < 1.29 is 0 Å². The summed E-state index contributed by atoms with van der Waals surface area (Å²) in [6.45, 7) is 6.78. The van der Waals surface area contributed by atoms with E-state index in [1.807, 2.05) is 25.7 Å². The maximum absolute atomic E-state index is 4.64. The van der Waals surface area contributed by atoms with Gasteiger partial charge >= 0.3 is 0 Å². The van der Waals surface area contributed by atoms with Gasteiger partial charge in [0.2, 0.25) is 0 Å². The summed E-state index contributed by atoms with van der Waals surface area (Å²) < 4.78 is 0. The molecule has 2 heterocycles. The summed E-state index contributed by atoms with van der Waals surface area (Å²) in [5.74, 6) is 0.897. The van der Waals surface area contributed by atoms with Gasteiger partial charge in [0.15, 0.2) is 0 Å². The molecule has 0 bridgehead atoms. The molecule has 2 aromatic heterocycles. The molecule has 0 saturated heterocycles. The van der Waals surface area contributed by atoms with Gasteiger partial charge in [-0.1, -0.05) is 6.92 Å². The zero-order valence-electron chi connectivity index (χ0n) is 12.3. The van der Waals surface area contributed by atoms with E-state index in [0.29, 0.717) is 0 Å². The van der Waals surface area contributed by atoms with Crippen molar-refractivity contribution in [2.45, 2.75) is 33.4 Å². The SMILES string of the molecule is CCCNCc1cncc(N(C)Cc2scnc2C)n1. The highest BCUT2D eigenvalue weighted by Crippen LogP contribution is 2.17. The van der Waals surface area contributed by atoms with Gasteiger partial charge in [0.05, 0.1) is 29.6 Å². The molecule has 0 unspecified atom stereocenters. The average Bonchev–Trinajstić information content (AvgIpc) is 2.85. The minimum atomic E-state index is 0.766. The minimum Gasteiger partial charge on any atom is -0.353 e. The van der Waals surface area contributed by atoms with Crippen LogP contribution in [0.4, 0.5) is 5.82 Å². The first kappa shape index (κ1) is 14.9. The smallest absolute Gasteiger partial charge is 0.147 e. The molecule has 0 aliphatic heterocycles. The highest BCUT2D eigenvalue weighted by atomic mass is 32.1. The Morgan fingerprint density at radius 2 is 2.20 bits per heavy atom. The van der Waals surface area contributed by atoms with E-state index in [0.717, 1.165) is 43.3 Å². The van der Waals surface area contributed by atoms with Crippen LogP contribution in [0.2, 0.25) is 0 Å². The second-order valence-electron chi connectivity index (χ2n) is 4.76. The third-order valence-corrected chi connectivity index (χ3v) is 3.94. The summed E-state index contributed by atoms with van der Waals surface area (Å²) in [6, 6.07) is 0. The molecule has 0 radical (unpaired) electrons. The molecule has 2 aromatic rings. The van der Waals surface area contributed by atoms with E-state index in [1.54, 1.807) is 17.5 Å². The van der Waals surface area contributed by atoms with Crippen LogP contribution in [0.5, 0.6) is 0 Å². The Bertz CT molecular complexity index is 540. The predicted molar refractivity (Wildman–Crippen MR) is 83.0 cm³/mol. The number of aryl methyl sites for hydroxylation is 1. The quantitative estimate of drug-likeness (QED) is 0.794. The molecule has 0 saturated carbocycles. The molecule has 20 heavy (non-hydrogen) atoms. The van der Waals surface area contributed by atoms with Gasteiger partial charge < -0.3 is 10.2 Å². The van der Waals surface area contributed by atoms with Crippen molar-refractivity contribution in [3.05, 3.63) is 34.2 Å². The first-order valence-electron chi connectivity index (χ1n) is 6.82. The molecule has 108 valence electrons. The van der Waals surface area contributed by atoms with Crippen LogP contribution in [-0.2, 0) is 13.1 Å². The van der Waals surface area contributed by atoms with E-state index >= 15 is 0 Å². The average molecular weight is 291 g/mol. The molecule has 0 atom stereocenters. The molecule has 5 nitrogen and oxygen atoms in total. The predicted octanol–water partition coefficient (Wildman–Crippen LogP) is 2.38. The molecule has 0 amide bonds. The number of thiazole rings is 1. The van der Waals surface area contributed by atoms with Crippen LogP contribution in [-0.4, -0.2) is 28.5 Å². The molecule has 2 rings (SSSR count). The second-order valence-corrected chi connectivity index (χ2v) is 5.70. The molecule has 0 aliphatic carbocycles. The van der Waals surface area contributed by atoms with Gasteiger partial charge in [0.1, 0.15) is 5.82 Å². The fraction of sp³-hybridized carbons (Fsp3) is 0.500. The van der Waals surface area contributed by atoms with E-state index in [1.165, 1.54) is 4.88 Å². The molecule has 0 fully saturated rings. The Hall–Kier alpha value is -1.53. The number of hydrogen-bond acceptors (Lipinski definition) is 6. The molecular weight excluding hydrogens is 270 g/mol. The highest BCUT2D eigenvalue weighted by Gasteiger charge is 2.08. The lowest BCUT2D eigenvalue weighted by molar-refractivity contribution is 0.661. The molecule has 0 aliphatic rings. The van der Waals surface area contributed by atoms with Crippen molar-refractivity contribution in [3.63, 3.8) is 0 Å². The van der Waals surface area contributed by atoms with Crippen LogP contribution in [0.15, 0.2) is 17.9 Å². The highest BCUT2D eigenvalue weighted by molar-refractivity contribution is 7.09. The van der Waals surface area contributed by atoms with Crippen molar-refractivity contribution in [3.8, 4) is 0 Å². The van der Waals surface area contributed by atoms with Crippen molar-refractivity contribution in [2.24, 2.45) is 0 Å². The summed E-state index contributed by atoms with van der Waals surface area (Å²) in [5.41, 5.74) is 3.95. The third kappa shape index (κ3) is 3.98. The summed E-state index contributed by atoms with van der Waals surface area (Å²) in [6.07, 6.45) is 4.75. The number of nitrogens with zero attached hydrogens (tertiary/aromatic N) is 4. The monoisotopic (exact) mass is 291 g/mol. The van der Waals surface area contributed by atoms with Crippen LogP contribution in [0.3, 0.4) is 0 Å². The molecule has 0 spiro atoms. The molecule has 1 N–H and O–H groups in total. The van der Waals surface area contributed by atoms with E-state index < -0.39 is 0 Å². The fourth-order valence-electron chi connectivity index (χ4n) is 1.83. The zero-order valence-corrected chi connectivity index (χ0v) is 13.1. The lowest BCUT2D eigenvalue weighted by atomic mass is 10.3. The van der Waals surface area contributed by atoms with Gasteiger partial charge in [-0.05, 0) is 19.9 Å². The Labute approximate surface area is 124 Å². The minimum absolute atomic E-state index is 0.766. The Morgan fingerprint density at radius 3 is 2.90 bits per heavy atom. The largest absolute Gasteiger partial charge is 0.353 e. The van der Waals surface area contributed by atoms with Gasteiger partial charge in [-0.25, -0.2) is 9.97 Å². The normalized spacial score (nSPS) is 10.8. The van der Waals surface area contributed by atoms with E-state index in [9.17, 15) is 0 Å². The van der Waals surface area contributed by atoms with Crippen molar-refractivity contribution in [1.82, 2.24) is 20.3 Å². The lowest BCUT2D eigenvalue weighted by Gasteiger charge is -2.17. The Morgan fingerprint density at radius 1 is 1.35 bits per heavy atom. The van der Waals surface area contributed by atoms with Crippen molar-refractivity contribution in [2.75, 3.05) is 18.5 Å². The van der Waals surface area contributed by atoms with Crippen LogP contribution in [0.25, 0.3) is 0 Å². The van der Waals surface area contributed by atoms with Crippen LogP contribution in [0.1, 0.15) is 29.6 Å². The van der Waals surface area contributed by atoms with Gasteiger partial charge in [-0.2, -0.15) is 0 Å². The maximum Gasteiger partial charge on any atom is 0.147 e. The van der Waals surface area contributed by atoms with E-state index in [-0.39, 0.29) is 0 Å². The fourth-order valence-corrected chi connectivity index (χ4v) is 2.66. The number of nitrogens with one attached hydrogen (secondary N) is 1.